The van der Waals surface area contributed by atoms with Crippen LogP contribution < -0.4 is 5.32 Å². The first-order valence-corrected chi connectivity index (χ1v) is 7.27. The van der Waals surface area contributed by atoms with E-state index in [4.69, 9.17) is 4.42 Å². The van der Waals surface area contributed by atoms with Crippen LogP contribution in [-0.4, -0.2) is 17.4 Å². The molecule has 0 atom stereocenters. The molecule has 0 spiro atoms. The number of benzene rings is 1. The second-order valence-corrected chi connectivity index (χ2v) is 4.97. The quantitative estimate of drug-likeness (QED) is 0.785. The minimum absolute atomic E-state index is 0.157. The smallest absolute Gasteiger partial charge is 0.287 e. The molecule has 0 aliphatic heterocycles. The molecule has 0 bridgehead atoms. The van der Waals surface area contributed by atoms with E-state index in [1.54, 1.807) is 30.5 Å². The molecule has 3 aromatic rings. The number of halogens is 1. The molecule has 2 heterocycles. The van der Waals surface area contributed by atoms with Crippen molar-refractivity contribution < 1.29 is 13.6 Å². The summed E-state index contributed by atoms with van der Waals surface area (Å²) in [7, 11) is 0. The van der Waals surface area contributed by atoms with Gasteiger partial charge in [-0.15, -0.1) is 0 Å². The predicted octanol–water partition coefficient (Wildman–Crippen LogP) is 3.45. The van der Waals surface area contributed by atoms with E-state index in [0.717, 1.165) is 5.69 Å². The summed E-state index contributed by atoms with van der Waals surface area (Å²) in [5, 5.41) is 2.76. The second kappa shape index (κ2) is 6.87. The largest absolute Gasteiger partial charge is 0.451 e. The Labute approximate surface area is 133 Å². The molecule has 0 fully saturated rings. The lowest BCUT2D eigenvalue weighted by atomic mass is 10.1. The minimum atomic E-state index is -0.385. The molecular formula is C18H15FN2O2. The van der Waals surface area contributed by atoms with Crippen molar-refractivity contribution in [2.45, 2.75) is 6.42 Å². The first-order valence-electron chi connectivity index (χ1n) is 7.27. The van der Waals surface area contributed by atoms with Crippen LogP contribution in [0.5, 0.6) is 0 Å². The maximum atomic E-state index is 13.7. The van der Waals surface area contributed by atoms with E-state index in [-0.39, 0.29) is 17.5 Å². The van der Waals surface area contributed by atoms with Crippen LogP contribution in [0, 0.1) is 5.82 Å². The number of rotatable bonds is 5. The SMILES string of the molecule is O=C(NCCc1ccccn1)c1ccc(-c2ccccc2F)o1. The molecule has 0 aliphatic carbocycles. The van der Waals surface area contributed by atoms with Crippen molar-refractivity contribution in [3.8, 4) is 11.3 Å². The molecule has 116 valence electrons. The van der Waals surface area contributed by atoms with Gasteiger partial charge >= 0.3 is 0 Å². The first-order chi connectivity index (χ1) is 11.2. The lowest BCUT2D eigenvalue weighted by Crippen LogP contribution is -2.25. The number of nitrogens with zero attached hydrogens (tertiary/aromatic N) is 1. The van der Waals surface area contributed by atoms with Gasteiger partial charge in [0, 0.05) is 24.9 Å². The van der Waals surface area contributed by atoms with Crippen LogP contribution in [0.4, 0.5) is 4.39 Å². The highest BCUT2D eigenvalue weighted by Gasteiger charge is 2.13. The van der Waals surface area contributed by atoms with Gasteiger partial charge in [0.1, 0.15) is 11.6 Å². The number of amides is 1. The molecule has 3 rings (SSSR count). The Morgan fingerprint density at radius 2 is 1.91 bits per heavy atom. The van der Waals surface area contributed by atoms with Gasteiger partial charge in [-0.05, 0) is 36.4 Å². The fourth-order valence-electron chi connectivity index (χ4n) is 2.20. The average molecular weight is 310 g/mol. The molecule has 0 radical (unpaired) electrons. The van der Waals surface area contributed by atoms with E-state index in [0.29, 0.717) is 24.3 Å². The van der Waals surface area contributed by atoms with Crippen molar-refractivity contribution in [1.82, 2.24) is 10.3 Å². The summed E-state index contributed by atoms with van der Waals surface area (Å²) in [5.41, 5.74) is 1.24. The summed E-state index contributed by atoms with van der Waals surface area (Å²) in [6.45, 7) is 0.450. The van der Waals surface area contributed by atoms with Crippen molar-refractivity contribution in [3.05, 3.63) is 78.1 Å². The molecule has 1 N–H and O–H groups in total. The normalized spacial score (nSPS) is 10.5. The number of hydrogen-bond donors (Lipinski definition) is 1. The third kappa shape index (κ3) is 3.63. The summed E-state index contributed by atoms with van der Waals surface area (Å²) >= 11 is 0. The molecule has 1 amide bonds. The van der Waals surface area contributed by atoms with Crippen LogP contribution in [0.2, 0.25) is 0 Å². The molecule has 0 aliphatic rings. The number of furan rings is 1. The van der Waals surface area contributed by atoms with Crippen molar-refractivity contribution >= 4 is 5.91 Å². The third-order valence-corrected chi connectivity index (χ3v) is 3.36. The zero-order valence-electron chi connectivity index (χ0n) is 12.3. The summed E-state index contributed by atoms with van der Waals surface area (Å²) in [6, 6.07) is 15.0. The van der Waals surface area contributed by atoms with Gasteiger partial charge in [-0.3, -0.25) is 9.78 Å². The summed E-state index contributed by atoms with van der Waals surface area (Å²) < 4.78 is 19.2. The Balaban J connectivity index is 1.62. The maximum Gasteiger partial charge on any atom is 0.287 e. The molecule has 0 unspecified atom stereocenters. The number of carbonyl (C=O) groups excluding carboxylic acids is 1. The van der Waals surface area contributed by atoms with E-state index < -0.39 is 0 Å². The van der Waals surface area contributed by atoms with Crippen molar-refractivity contribution in [2.75, 3.05) is 6.54 Å². The predicted molar refractivity (Wildman–Crippen MR) is 84.4 cm³/mol. The highest BCUT2D eigenvalue weighted by atomic mass is 19.1. The van der Waals surface area contributed by atoms with Gasteiger partial charge in [0.05, 0.1) is 5.56 Å². The van der Waals surface area contributed by atoms with E-state index in [2.05, 4.69) is 10.3 Å². The molecule has 0 saturated carbocycles. The van der Waals surface area contributed by atoms with Gasteiger partial charge < -0.3 is 9.73 Å². The molecule has 23 heavy (non-hydrogen) atoms. The van der Waals surface area contributed by atoms with Crippen LogP contribution in [0.25, 0.3) is 11.3 Å². The summed E-state index contributed by atoms with van der Waals surface area (Å²) in [5.74, 6) is -0.227. The van der Waals surface area contributed by atoms with Gasteiger partial charge in [0.15, 0.2) is 5.76 Å². The Morgan fingerprint density at radius 1 is 1.09 bits per heavy atom. The fourth-order valence-corrected chi connectivity index (χ4v) is 2.20. The van der Waals surface area contributed by atoms with Gasteiger partial charge in [-0.25, -0.2) is 4.39 Å². The van der Waals surface area contributed by atoms with Gasteiger partial charge in [-0.2, -0.15) is 0 Å². The molecule has 5 heteroatoms. The number of nitrogens with one attached hydrogen (secondary N) is 1. The molecule has 1 aromatic carbocycles. The fraction of sp³-hybridized carbons (Fsp3) is 0.111. The van der Waals surface area contributed by atoms with E-state index in [1.807, 2.05) is 18.2 Å². The van der Waals surface area contributed by atoms with E-state index in [1.165, 1.54) is 12.1 Å². The first kappa shape index (κ1) is 15.0. The van der Waals surface area contributed by atoms with Gasteiger partial charge in [0.2, 0.25) is 0 Å². The molecule has 0 saturated heterocycles. The zero-order valence-corrected chi connectivity index (χ0v) is 12.3. The van der Waals surface area contributed by atoms with Crippen molar-refractivity contribution in [2.24, 2.45) is 0 Å². The number of aromatic nitrogens is 1. The highest BCUT2D eigenvalue weighted by molar-refractivity contribution is 5.92. The highest BCUT2D eigenvalue weighted by Crippen LogP contribution is 2.24. The molecule has 2 aromatic heterocycles. The topological polar surface area (TPSA) is 55.1 Å². The van der Waals surface area contributed by atoms with E-state index in [9.17, 15) is 9.18 Å². The van der Waals surface area contributed by atoms with Crippen LogP contribution in [0.3, 0.4) is 0 Å². The van der Waals surface area contributed by atoms with Crippen LogP contribution >= 0.6 is 0 Å². The Bertz CT molecular complexity index is 800. The summed E-state index contributed by atoms with van der Waals surface area (Å²) in [6.07, 6.45) is 2.35. The third-order valence-electron chi connectivity index (χ3n) is 3.36. The average Bonchev–Trinajstić information content (AvgIpc) is 3.06. The summed E-state index contributed by atoms with van der Waals surface area (Å²) in [4.78, 5) is 16.2. The van der Waals surface area contributed by atoms with E-state index >= 15 is 0 Å². The maximum absolute atomic E-state index is 13.7. The number of carbonyl (C=O) groups is 1. The molecule has 4 nitrogen and oxygen atoms in total. The Hall–Kier alpha value is -2.95. The second-order valence-electron chi connectivity index (χ2n) is 4.97. The zero-order chi connectivity index (χ0) is 16.1. The van der Waals surface area contributed by atoms with Crippen LogP contribution in [0.15, 0.2) is 65.2 Å². The number of hydrogen-bond acceptors (Lipinski definition) is 3. The monoisotopic (exact) mass is 310 g/mol. The van der Waals surface area contributed by atoms with Crippen LogP contribution in [0.1, 0.15) is 16.2 Å². The van der Waals surface area contributed by atoms with Gasteiger partial charge in [0.25, 0.3) is 5.91 Å². The van der Waals surface area contributed by atoms with Crippen molar-refractivity contribution in [1.29, 1.82) is 0 Å². The number of pyridine rings is 1. The minimum Gasteiger partial charge on any atom is -0.451 e. The Kier molecular flexibility index (Phi) is 4.47. The Morgan fingerprint density at radius 3 is 2.70 bits per heavy atom. The molecular weight excluding hydrogens is 295 g/mol. The lowest BCUT2D eigenvalue weighted by molar-refractivity contribution is 0.0927. The van der Waals surface area contributed by atoms with Gasteiger partial charge in [-0.1, -0.05) is 18.2 Å². The van der Waals surface area contributed by atoms with Crippen LogP contribution in [-0.2, 0) is 6.42 Å². The van der Waals surface area contributed by atoms with Crippen molar-refractivity contribution in [3.63, 3.8) is 0 Å². The lowest BCUT2D eigenvalue weighted by Gasteiger charge is -2.03. The standard InChI is InChI=1S/C18H15FN2O2/c19-15-7-2-1-6-14(15)16-8-9-17(23-16)18(22)21-12-10-13-5-3-4-11-20-13/h1-9,11H,10,12H2,(H,21,22).